The third-order valence-corrected chi connectivity index (χ3v) is 6.87. The Morgan fingerprint density at radius 1 is 1.23 bits per heavy atom. The van der Waals surface area contributed by atoms with Crippen LogP contribution in [0.1, 0.15) is 36.5 Å². The maximum Gasteiger partial charge on any atom is 0.343 e. The van der Waals surface area contributed by atoms with Crippen molar-refractivity contribution in [1.29, 1.82) is 0 Å². The summed E-state index contributed by atoms with van der Waals surface area (Å²) in [4.78, 5) is 34.5. The van der Waals surface area contributed by atoms with Gasteiger partial charge in [-0.2, -0.15) is 0 Å². The lowest BCUT2D eigenvalue weighted by molar-refractivity contribution is -0.172. The molecule has 0 saturated heterocycles. The van der Waals surface area contributed by atoms with E-state index < -0.39 is 11.6 Å². The Morgan fingerprint density at radius 3 is 2.91 bits per heavy atom. The van der Waals surface area contributed by atoms with Gasteiger partial charge in [-0.3, -0.25) is 4.79 Å². The first kappa shape index (κ1) is 21.5. The Bertz CT molecular complexity index is 1530. The van der Waals surface area contributed by atoms with Crippen LogP contribution < -0.4 is 10.3 Å². The number of hydrogen-bond acceptors (Lipinski definition) is 7. The van der Waals surface area contributed by atoms with Crippen LogP contribution in [-0.2, 0) is 34.8 Å². The second-order valence-electron chi connectivity index (χ2n) is 8.96. The SMILES string of the molecule is CC[C@@]1(O)C(=O)OCc2c1cc1n(c2=O)Cc2cc3cc(OCCCn4ccnc4)ccc3nc2-1. The topological polar surface area (TPSA) is 108 Å². The van der Waals surface area contributed by atoms with E-state index in [9.17, 15) is 14.7 Å². The minimum atomic E-state index is -1.83. The van der Waals surface area contributed by atoms with Gasteiger partial charge >= 0.3 is 5.97 Å². The molecule has 2 aliphatic rings. The summed E-state index contributed by atoms with van der Waals surface area (Å²) in [6, 6.07) is 9.50. The maximum absolute atomic E-state index is 13.3. The van der Waals surface area contributed by atoms with Gasteiger partial charge < -0.3 is 23.7 Å². The van der Waals surface area contributed by atoms with E-state index in [2.05, 4.69) is 4.98 Å². The number of aliphatic hydroxyl groups is 1. The van der Waals surface area contributed by atoms with Crippen molar-refractivity contribution in [1.82, 2.24) is 19.1 Å². The Balaban J connectivity index is 1.31. The molecule has 1 aromatic carbocycles. The zero-order valence-electron chi connectivity index (χ0n) is 19.2. The molecule has 0 bridgehead atoms. The van der Waals surface area contributed by atoms with E-state index in [4.69, 9.17) is 14.5 Å². The number of cyclic esters (lactones) is 1. The van der Waals surface area contributed by atoms with Gasteiger partial charge in [0.15, 0.2) is 5.60 Å². The molecule has 9 nitrogen and oxygen atoms in total. The summed E-state index contributed by atoms with van der Waals surface area (Å²) in [5, 5.41) is 11.9. The first-order chi connectivity index (χ1) is 17.0. The van der Waals surface area contributed by atoms with Gasteiger partial charge in [0.2, 0.25) is 0 Å². The average molecular weight is 473 g/mol. The van der Waals surface area contributed by atoms with Gasteiger partial charge in [0.05, 0.1) is 41.9 Å². The van der Waals surface area contributed by atoms with Crippen LogP contribution in [0.25, 0.3) is 22.3 Å². The molecule has 2 aliphatic heterocycles. The number of esters is 1. The van der Waals surface area contributed by atoms with Crippen molar-refractivity contribution in [2.75, 3.05) is 6.61 Å². The summed E-state index contributed by atoms with van der Waals surface area (Å²) in [6.45, 7) is 3.34. The highest BCUT2D eigenvalue weighted by atomic mass is 16.6. The molecule has 1 atom stereocenters. The lowest BCUT2D eigenvalue weighted by Gasteiger charge is -2.31. The van der Waals surface area contributed by atoms with Crippen LogP contribution >= 0.6 is 0 Å². The minimum Gasteiger partial charge on any atom is -0.494 e. The van der Waals surface area contributed by atoms with Crippen molar-refractivity contribution in [3.8, 4) is 17.1 Å². The number of nitrogens with zero attached hydrogens (tertiary/aromatic N) is 4. The normalized spacial score (nSPS) is 18.2. The maximum atomic E-state index is 13.3. The van der Waals surface area contributed by atoms with E-state index in [0.29, 0.717) is 35.7 Å². The Hall–Kier alpha value is -3.98. The van der Waals surface area contributed by atoms with E-state index in [1.165, 1.54) is 0 Å². The number of benzene rings is 1. The second kappa shape index (κ2) is 8.06. The number of aryl methyl sites for hydroxylation is 1. The van der Waals surface area contributed by atoms with Crippen LogP contribution in [0.5, 0.6) is 5.75 Å². The lowest BCUT2D eigenvalue weighted by Crippen LogP contribution is -2.44. The van der Waals surface area contributed by atoms with Gasteiger partial charge in [-0.05, 0) is 43.2 Å². The molecule has 5 heterocycles. The first-order valence-corrected chi connectivity index (χ1v) is 11.7. The smallest absolute Gasteiger partial charge is 0.343 e. The van der Waals surface area contributed by atoms with Gasteiger partial charge in [0.1, 0.15) is 12.4 Å². The highest BCUT2D eigenvalue weighted by Gasteiger charge is 2.45. The summed E-state index contributed by atoms with van der Waals surface area (Å²) in [6.07, 6.45) is 6.45. The molecule has 35 heavy (non-hydrogen) atoms. The summed E-state index contributed by atoms with van der Waals surface area (Å²) in [7, 11) is 0. The third kappa shape index (κ3) is 3.42. The molecule has 0 unspecified atom stereocenters. The second-order valence-corrected chi connectivity index (χ2v) is 8.96. The summed E-state index contributed by atoms with van der Waals surface area (Å²) < 4.78 is 14.7. The predicted molar refractivity (Wildman–Crippen MR) is 127 cm³/mol. The van der Waals surface area contributed by atoms with Gasteiger partial charge in [0, 0.05) is 35.5 Å². The van der Waals surface area contributed by atoms with Gasteiger partial charge in [-0.15, -0.1) is 0 Å². The van der Waals surface area contributed by atoms with Crippen LogP contribution in [0.15, 0.2) is 53.8 Å². The lowest BCUT2D eigenvalue weighted by atomic mass is 9.86. The van der Waals surface area contributed by atoms with Gasteiger partial charge in [-0.1, -0.05) is 6.92 Å². The number of carbonyl (C=O) groups is 1. The molecule has 0 amide bonds. The number of rotatable bonds is 6. The predicted octanol–water partition coefficient (Wildman–Crippen LogP) is 2.75. The van der Waals surface area contributed by atoms with Crippen LogP contribution in [0.4, 0.5) is 0 Å². The Morgan fingerprint density at radius 2 is 2.11 bits per heavy atom. The number of carbonyl (C=O) groups excluding carboxylic acids is 1. The number of ether oxygens (including phenoxy) is 2. The molecule has 178 valence electrons. The molecule has 1 N–H and O–H groups in total. The van der Waals surface area contributed by atoms with Gasteiger partial charge in [-0.25, -0.2) is 14.8 Å². The molecule has 0 fully saturated rings. The van der Waals surface area contributed by atoms with Crippen molar-refractivity contribution in [3.63, 3.8) is 0 Å². The average Bonchev–Trinajstić information content (AvgIpc) is 3.51. The Labute approximate surface area is 200 Å². The standard InChI is InChI=1S/C26H24N4O5/c1-2-26(33)20-12-22-23-17(13-30(22)24(31)19(20)14-35-25(26)32)10-16-11-18(4-5-21(16)28-23)34-9-3-7-29-8-6-27-15-29/h4-6,8,10-12,15,33H,2-3,7,9,13-14H2,1H3/t26-/m0/s1. The Kier molecular flexibility index (Phi) is 4.96. The zero-order chi connectivity index (χ0) is 24.2. The molecule has 6 rings (SSSR count). The molecule has 4 aromatic rings. The quantitative estimate of drug-likeness (QED) is 0.299. The van der Waals surface area contributed by atoms with Crippen molar-refractivity contribution >= 4 is 16.9 Å². The number of aromatic nitrogens is 4. The van der Waals surface area contributed by atoms with E-state index in [1.807, 2.05) is 35.0 Å². The molecule has 3 aromatic heterocycles. The van der Waals surface area contributed by atoms with E-state index in [-0.39, 0.29) is 18.6 Å². The number of pyridine rings is 2. The summed E-state index contributed by atoms with van der Waals surface area (Å²) in [5.74, 6) is 0.0378. The highest BCUT2D eigenvalue weighted by Crippen LogP contribution is 2.38. The molecule has 9 heteroatoms. The summed E-state index contributed by atoms with van der Waals surface area (Å²) >= 11 is 0. The molecule has 0 radical (unpaired) electrons. The minimum absolute atomic E-state index is 0.116. The molecule has 0 aliphatic carbocycles. The summed E-state index contributed by atoms with van der Waals surface area (Å²) in [5.41, 5.74) is 1.52. The molecule has 0 saturated carbocycles. The van der Waals surface area contributed by atoms with Crippen LogP contribution in [0.2, 0.25) is 0 Å². The number of fused-ring (bicyclic) bond motifs is 5. The first-order valence-electron chi connectivity index (χ1n) is 11.7. The fourth-order valence-electron chi connectivity index (χ4n) is 4.91. The fourth-order valence-corrected chi connectivity index (χ4v) is 4.91. The van der Waals surface area contributed by atoms with Crippen molar-refractivity contribution in [2.45, 2.75) is 45.1 Å². The molecular weight excluding hydrogens is 448 g/mol. The van der Waals surface area contributed by atoms with E-state index >= 15 is 0 Å². The van der Waals surface area contributed by atoms with E-state index in [0.717, 1.165) is 35.2 Å². The van der Waals surface area contributed by atoms with Crippen LogP contribution in [0.3, 0.4) is 0 Å². The van der Waals surface area contributed by atoms with Crippen LogP contribution in [0, 0.1) is 0 Å². The van der Waals surface area contributed by atoms with Crippen molar-refractivity contribution in [3.05, 3.63) is 76.1 Å². The fraction of sp³-hybridized carbons (Fsp3) is 0.308. The monoisotopic (exact) mass is 472 g/mol. The van der Waals surface area contributed by atoms with Crippen LogP contribution in [-0.4, -0.2) is 36.8 Å². The van der Waals surface area contributed by atoms with Gasteiger partial charge in [0.25, 0.3) is 5.56 Å². The number of imidazole rings is 1. The largest absolute Gasteiger partial charge is 0.494 e. The molecule has 0 spiro atoms. The zero-order valence-corrected chi connectivity index (χ0v) is 19.2. The van der Waals surface area contributed by atoms with Crippen molar-refractivity contribution < 1.29 is 19.4 Å². The molecular formula is C26H24N4O5. The number of hydrogen-bond donors (Lipinski definition) is 1. The van der Waals surface area contributed by atoms with Crippen molar-refractivity contribution in [2.24, 2.45) is 0 Å². The highest BCUT2D eigenvalue weighted by molar-refractivity contribution is 5.87. The van der Waals surface area contributed by atoms with E-state index in [1.54, 1.807) is 30.1 Å². The third-order valence-electron chi connectivity index (χ3n) is 6.87.